The van der Waals surface area contributed by atoms with E-state index in [4.69, 9.17) is 25.8 Å². The van der Waals surface area contributed by atoms with Gasteiger partial charge in [-0.2, -0.15) is 5.10 Å². The van der Waals surface area contributed by atoms with Gasteiger partial charge in [0.2, 0.25) is 0 Å². The van der Waals surface area contributed by atoms with Gasteiger partial charge in [-0.05, 0) is 12.1 Å². The Balaban J connectivity index is 1.60. The molecule has 1 amide bonds. The summed E-state index contributed by atoms with van der Waals surface area (Å²) >= 11 is 6.05. The highest BCUT2D eigenvalue weighted by Crippen LogP contribution is 2.31. The van der Waals surface area contributed by atoms with Crippen LogP contribution in [0.15, 0.2) is 54.9 Å². The molecule has 0 radical (unpaired) electrons. The average molecular weight is 402 g/mol. The van der Waals surface area contributed by atoms with Crippen LogP contribution >= 0.6 is 11.6 Å². The maximum atomic E-state index is 12.0. The van der Waals surface area contributed by atoms with Gasteiger partial charge < -0.3 is 14.2 Å². The summed E-state index contributed by atoms with van der Waals surface area (Å²) in [6.45, 7) is 0.539. The summed E-state index contributed by atoms with van der Waals surface area (Å²) < 4.78 is 17.6. The van der Waals surface area contributed by atoms with Gasteiger partial charge >= 0.3 is 6.09 Å². The minimum absolute atomic E-state index is 0.0840. The molecule has 0 aliphatic carbocycles. The first kappa shape index (κ1) is 19.6. The molecule has 7 nitrogen and oxygen atoms in total. The average Bonchev–Trinajstić information content (AvgIpc) is 3.13. The second kappa shape index (κ2) is 9.14. The molecule has 8 heteroatoms. The van der Waals surface area contributed by atoms with E-state index in [1.807, 2.05) is 30.3 Å². The first-order valence-corrected chi connectivity index (χ1v) is 8.88. The highest BCUT2D eigenvalue weighted by molar-refractivity contribution is 6.31. The lowest BCUT2D eigenvalue weighted by Gasteiger charge is -2.12. The monoisotopic (exact) mass is 401 g/mol. The largest absolute Gasteiger partial charge is 0.493 e. The van der Waals surface area contributed by atoms with Crippen molar-refractivity contribution in [2.45, 2.75) is 13.2 Å². The van der Waals surface area contributed by atoms with Crippen molar-refractivity contribution in [3.63, 3.8) is 0 Å². The zero-order chi connectivity index (χ0) is 19.9. The minimum Gasteiger partial charge on any atom is -0.493 e. The lowest BCUT2D eigenvalue weighted by atomic mass is 10.2. The van der Waals surface area contributed by atoms with Crippen molar-refractivity contribution in [1.29, 1.82) is 0 Å². The smallest absolute Gasteiger partial charge is 0.412 e. The molecule has 1 heterocycles. The maximum Gasteiger partial charge on any atom is 0.412 e. The SMILES string of the molecule is COc1cccc(Cn2cc(NC(=O)OCc3ccccc3Cl)cn2)c1OC. The summed E-state index contributed by atoms with van der Waals surface area (Å²) in [5.74, 6) is 1.29. The fourth-order valence-electron chi connectivity index (χ4n) is 2.68. The van der Waals surface area contributed by atoms with Gasteiger partial charge in [-0.25, -0.2) is 4.79 Å². The Hall–Kier alpha value is -3.19. The van der Waals surface area contributed by atoms with E-state index in [1.165, 1.54) is 0 Å². The van der Waals surface area contributed by atoms with E-state index in [1.54, 1.807) is 43.4 Å². The number of halogens is 1. The van der Waals surface area contributed by atoms with Gasteiger partial charge in [0.1, 0.15) is 6.61 Å². The first-order chi connectivity index (χ1) is 13.6. The number of nitrogens with one attached hydrogen (secondary N) is 1. The van der Waals surface area contributed by atoms with E-state index < -0.39 is 6.09 Å². The molecule has 0 unspecified atom stereocenters. The van der Waals surface area contributed by atoms with Crippen molar-refractivity contribution in [2.75, 3.05) is 19.5 Å². The number of ether oxygens (including phenoxy) is 3. The molecule has 1 aromatic heterocycles. The van der Waals surface area contributed by atoms with Crippen LogP contribution in [-0.4, -0.2) is 30.1 Å². The second-order valence-corrected chi connectivity index (χ2v) is 6.28. The summed E-state index contributed by atoms with van der Waals surface area (Å²) in [5, 5.41) is 7.45. The van der Waals surface area contributed by atoms with Gasteiger partial charge in [0.05, 0.1) is 32.6 Å². The molecule has 1 N–H and O–H groups in total. The molecular formula is C20H20ClN3O4. The van der Waals surface area contributed by atoms with Crippen molar-refractivity contribution in [2.24, 2.45) is 0 Å². The molecule has 3 rings (SSSR count). The van der Waals surface area contributed by atoms with Crippen molar-refractivity contribution in [3.8, 4) is 11.5 Å². The first-order valence-electron chi connectivity index (χ1n) is 8.50. The molecule has 28 heavy (non-hydrogen) atoms. The summed E-state index contributed by atoms with van der Waals surface area (Å²) in [6, 6.07) is 12.8. The van der Waals surface area contributed by atoms with Crippen LogP contribution in [0.2, 0.25) is 5.02 Å². The topological polar surface area (TPSA) is 74.6 Å². The summed E-state index contributed by atoms with van der Waals surface area (Å²) in [4.78, 5) is 12.0. The van der Waals surface area contributed by atoms with Crippen LogP contribution in [0.1, 0.15) is 11.1 Å². The molecule has 0 saturated carbocycles. The minimum atomic E-state index is -0.585. The Labute approximate surface area is 167 Å². The van der Waals surface area contributed by atoms with E-state index in [2.05, 4.69) is 10.4 Å². The van der Waals surface area contributed by atoms with E-state index in [9.17, 15) is 4.79 Å². The number of methoxy groups -OCH3 is 2. The predicted molar refractivity (Wildman–Crippen MR) is 106 cm³/mol. The molecule has 0 aliphatic heterocycles. The van der Waals surface area contributed by atoms with E-state index >= 15 is 0 Å². The maximum absolute atomic E-state index is 12.0. The van der Waals surface area contributed by atoms with Crippen LogP contribution in [0, 0.1) is 0 Å². The molecule has 3 aromatic rings. The van der Waals surface area contributed by atoms with Gasteiger partial charge in [0.15, 0.2) is 11.5 Å². The number of para-hydroxylation sites is 1. The molecule has 0 saturated heterocycles. The molecule has 0 aliphatic rings. The number of rotatable bonds is 7. The van der Waals surface area contributed by atoms with Crippen molar-refractivity contribution in [1.82, 2.24) is 9.78 Å². The number of hydrogen-bond acceptors (Lipinski definition) is 5. The third kappa shape index (κ3) is 4.75. The van der Waals surface area contributed by atoms with Gasteiger partial charge in [-0.3, -0.25) is 10.00 Å². The highest BCUT2D eigenvalue weighted by Gasteiger charge is 2.12. The van der Waals surface area contributed by atoms with Gasteiger partial charge in [-0.15, -0.1) is 0 Å². The van der Waals surface area contributed by atoms with Crippen LogP contribution in [0.5, 0.6) is 11.5 Å². The number of carbonyl (C=O) groups is 1. The normalized spacial score (nSPS) is 10.4. The summed E-state index contributed by atoms with van der Waals surface area (Å²) in [6.07, 6.45) is 2.66. The molecule has 0 bridgehead atoms. The van der Waals surface area contributed by atoms with Crippen LogP contribution in [0.3, 0.4) is 0 Å². The Morgan fingerprint density at radius 2 is 1.89 bits per heavy atom. The highest BCUT2D eigenvalue weighted by atomic mass is 35.5. The Morgan fingerprint density at radius 1 is 1.11 bits per heavy atom. The number of amides is 1. The van der Waals surface area contributed by atoms with Gasteiger partial charge in [0.25, 0.3) is 0 Å². The van der Waals surface area contributed by atoms with Gasteiger partial charge in [-0.1, -0.05) is 41.9 Å². The van der Waals surface area contributed by atoms with Crippen LogP contribution in [-0.2, 0) is 17.9 Å². The molecule has 0 atom stereocenters. The Morgan fingerprint density at radius 3 is 2.64 bits per heavy atom. The number of aromatic nitrogens is 2. The zero-order valence-electron chi connectivity index (χ0n) is 15.5. The third-order valence-electron chi connectivity index (χ3n) is 4.01. The second-order valence-electron chi connectivity index (χ2n) is 5.87. The van der Waals surface area contributed by atoms with Crippen LogP contribution < -0.4 is 14.8 Å². The molecule has 0 fully saturated rings. The fraction of sp³-hybridized carbons (Fsp3) is 0.200. The fourth-order valence-corrected chi connectivity index (χ4v) is 2.87. The molecule has 0 spiro atoms. The van der Waals surface area contributed by atoms with E-state index in [0.29, 0.717) is 28.8 Å². The number of benzene rings is 2. The Bertz CT molecular complexity index is 958. The Kier molecular flexibility index (Phi) is 6.39. The zero-order valence-corrected chi connectivity index (χ0v) is 16.3. The standard InChI is InChI=1S/C20H20ClN3O4/c1-26-18-9-5-7-14(19(18)27-2)11-24-12-16(10-22-24)23-20(25)28-13-15-6-3-4-8-17(15)21/h3-10,12H,11,13H2,1-2H3,(H,23,25). The van der Waals surface area contributed by atoms with Crippen molar-refractivity contribution < 1.29 is 19.0 Å². The van der Waals surface area contributed by atoms with E-state index in [-0.39, 0.29) is 6.61 Å². The molecular weight excluding hydrogens is 382 g/mol. The summed E-state index contributed by atoms with van der Waals surface area (Å²) in [5.41, 5.74) is 2.16. The lowest BCUT2D eigenvalue weighted by molar-refractivity contribution is 0.155. The number of hydrogen-bond donors (Lipinski definition) is 1. The van der Waals surface area contributed by atoms with Crippen LogP contribution in [0.25, 0.3) is 0 Å². The quantitative estimate of drug-likeness (QED) is 0.637. The molecule has 2 aromatic carbocycles. The van der Waals surface area contributed by atoms with Crippen LogP contribution in [0.4, 0.5) is 10.5 Å². The number of anilines is 1. The van der Waals surface area contributed by atoms with Gasteiger partial charge in [0, 0.05) is 22.3 Å². The van der Waals surface area contributed by atoms with Crippen molar-refractivity contribution >= 4 is 23.4 Å². The lowest BCUT2D eigenvalue weighted by Crippen LogP contribution is -2.13. The van der Waals surface area contributed by atoms with E-state index in [0.717, 1.165) is 11.1 Å². The van der Waals surface area contributed by atoms with Crippen molar-refractivity contribution in [3.05, 3.63) is 71.0 Å². The summed E-state index contributed by atoms with van der Waals surface area (Å²) in [7, 11) is 3.18. The third-order valence-corrected chi connectivity index (χ3v) is 4.38. The number of carbonyl (C=O) groups excluding carboxylic acids is 1. The predicted octanol–water partition coefficient (Wildman–Crippen LogP) is 4.35. The number of nitrogens with zero attached hydrogens (tertiary/aromatic N) is 2. The molecule has 146 valence electrons.